The highest BCUT2D eigenvalue weighted by Crippen LogP contribution is 1.91. The molecule has 1 atom stereocenters. The van der Waals surface area contributed by atoms with Crippen LogP contribution in [-0.2, 0) is 9.47 Å². The summed E-state index contributed by atoms with van der Waals surface area (Å²) in [6.45, 7) is 5.68. The Bertz CT molecular complexity index is 105. The topological polar surface area (TPSA) is 47.6 Å². The third-order valence-electron chi connectivity index (χ3n) is 0.795. The minimum atomic E-state index is -0.718. The van der Waals surface area contributed by atoms with Crippen LogP contribution in [-0.4, -0.2) is 26.0 Å². The Morgan fingerprint density at radius 3 is 2.80 bits per heavy atom. The summed E-state index contributed by atoms with van der Waals surface area (Å²) in [6.07, 6.45) is -1.25. The lowest BCUT2D eigenvalue weighted by Gasteiger charge is -2.11. The number of carbonyl (C=O) groups is 1. The highest BCUT2D eigenvalue weighted by Gasteiger charge is 2.04. The quantitative estimate of drug-likeness (QED) is 0.591. The zero-order valence-corrected chi connectivity index (χ0v) is 6.22. The molecule has 0 bridgehead atoms. The third-order valence-corrected chi connectivity index (χ3v) is 0.795. The van der Waals surface area contributed by atoms with E-state index < -0.39 is 12.4 Å². The first-order chi connectivity index (χ1) is 4.70. The van der Waals surface area contributed by atoms with Crippen molar-refractivity contribution in [2.75, 3.05) is 13.7 Å². The molecule has 1 unspecified atom stereocenters. The molecule has 0 heterocycles. The van der Waals surface area contributed by atoms with Crippen LogP contribution in [0.1, 0.15) is 6.92 Å². The molecule has 1 amide bonds. The Kier molecular flexibility index (Phi) is 4.66. The van der Waals surface area contributed by atoms with E-state index in [9.17, 15) is 4.79 Å². The molecule has 59 valence electrons. The van der Waals surface area contributed by atoms with Crippen LogP contribution in [0.15, 0.2) is 0 Å². The van der Waals surface area contributed by atoms with E-state index in [-0.39, 0.29) is 0 Å². The number of carbonyl (C=O) groups excluding carboxylic acids is 1. The Morgan fingerprint density at radius 2 is 2.40 bits per heavy atom. The first-order valence-corrected chi connectivity index (χ1v) is 3.03. The molecule has 0 aliphatic carbocycles. The van der Waals surface area contributed by atoms with Gasteiger partial charge in [-0.25, -0.2) is 4.79 Å². The van der Waals surface area contributed by atoms with E-state index in [1.165, 1.54) is 7.05 Å². The zero-order chi connectivity index (χ0) is 7.98. The number of alkyl carbamates (subject to hydrolysis) is 1. The van der Waals surface area contributed by atoms with Crippen molar-refractivity contribution in [1.29, 1.82) is 0 Å². The number of hydrogen-bond acceptors (Lipinski definition) is 3. The van der Waals surface area contributed by atoms with Gasteiger partial charge in [-0.05, 0) is 6.92 Å². The maximum absolute atomic E-state index is 10.4. The Labute approximate surface area is 60.5 Å². The van der Waals surface area contributed by atoms with Crippen LogP contribution in [0.25, 0.3) is 0 Å². The SMILES string of the molecule is [CH2]C(OCC)OC(=O)NC. The molecule has 0 fully saturated rings. The van der Waals surface area contributed by atoms with Crippen molar-refractivity contribution in [3.63, 3.8) is 0 Å². The first kappa shape index (κ1) is 9.23. The molecule has 0 aliphatic heterocycles. The minimum absolute atomic E-state index is 0.477. The Hall–Kier alpha value is -0.770. The fraction of sp³-hybridized carbons (Fsp3) is 0.667. The molecule has 4 nitrogen and oxygen atoms in total. The van der Waals surface area contributed by atoms with Crippen molar-refractivity contribution in [3.8, 4) is 0 Å². The van der Waals surface area contributed by atoms with Crippen LogP contribution in [0.5, 0.6) is 0 Å². The van der Waals surface area contributed by atoms with Crippen molar-refractivity contribution in [1.82, 2.24) is 5.32 Å². The van der Waals surface area contributed by atoms with Gasteiger partial charge < -0.3 is 14.8 Å². The lowest BCUT2D eigenvalue weighted by Crippen LogP contribution is -2.25. The molecule has 0 aromatic carbocycles. The van der Waals surface area contributed by atoms with E-state index in [4.69, 9.17) is 4.74 Å². The summed E-state index contributed by atoms with van der Waals surface area (Å²) in [6, 6.07) is 0. The lowest BCUT2D eigenvalue weighted by molar-refractivity contribution is -0.0686. The van der Waals surface area contributed by atoms with Gasteiger partial charge in [0.05, 0.1) is 0 Å². The van der Waals surface area contributed by atoms with Gasteiger partial charge in [0, 0.05) is 20.6 Å². The van der Waals surface area contributed by atoms with Gasteiger partial charge in [-0.1, -0.05) is 0 Å². The van der Waals surface area contributed by atoms with E-state index in [1.54, 1.807) is 6.92 Å². The van der Waals surface area contributed by atoms with Gasteiger partial charge >= 0.3 is 6.09 Å². The van der Waals surface area contributed by atoms with Gasteiger partial charge in [0.15, 0.2) is 0 Å². The molecule has 0 saturated carbocycles. The highest BCUT2D eigenvalue weighted by atomic mass is 16.7. The second-order valence-corrected chi connectivity index (χ2v) is 1.54. The number of amides is 1. The lowest BCUT2D eigenvalue weighted by atomic mass is 10.7. The number of nitrogens with one attached hydrogen (secondary N) is 1. The van der Waals surface area contributed by atoms with Crippen LogP contribution in [0.3, 0.4) is 0 Å². The van der Waals surface area contributed by atoms with Gasteiger partial charge in [-0.3, -0.25) is 0 Å². The maximum atomic E-state index is 10.4. The Balaban J connectivity index is 3.37. The fourth-order valence-corrected chi connectivity index (χ4v) is 0.398. The average molecular weight is 146 g/mol. The van der Waals surface area contributed by atoms with Crippen LogP contribution in [0.2, 0.25) is 0 Å². The molecule has 4 heteroatoms. The maximum Gasteiger partial charge on any atom is 0.409 e. The van der Waals surface area contributed by atoms with Gasteiger partial charge in [-0.2, -0.15) is 0 Å². The molecule has 10 heavy (non-hydrogen) atoms. The molecule has 1 radical (unpaired) electrons. The molecule has 1 N–H and O–H groups in total. The average Bonchev–Trinajstić information content (AvgIpc) is 1.88. The summed E-state index contributed by atoms with van der Waals surface area (Å²) in [7, 11) is 1.47. The second-order valence-electron chi connectivity index (χ2n) is 1.54. The number of hydrogen-bond donors (Lipinski definition) is 1. The highest BCUT2D eigenvalue weighted by molar-refractivity contribution is 5.66. The van der Waals surface area contributed by atoms with Gasteiger partial charge in [-0.15, -0.1) is 0 Å². The Morgan fingerprint density at radius 1 is 1.80 bits per heavy atom. The number of rotatable bonds is 3. The van der Waals surface area contributed by atoms with Crippen LogP contribution in [0.4, 0.5) is 4.79 Å². The van der Waals surface area contributed by atoms with E-state index in [0.717, 1.165) is 0 Å². The van der Waals surface area contributed by atoms with Crippen LogP contribution < -0.4 is 5.32 Å². The van der Waals surface area contributed by atoms with E-state index in [0.29, 0.717) is 6.61 Å². The molecular weight excluding hydrogens is 134 g/mol. The van der Waals surface area contributed by atoms with E-state index in [1.807, 2.05) is 0 Å². The largest absolute Gasteiger partial charge is 0.420 e. The molecular formula is C6H12NO3. The summed E-state index contributed by atoms with van der Waals surface area (Å²) < 4.78 is 9.38. The standard InChI is InChI=1S/C6H12NO3/c1-4-9-5(2)10-6(8)7-3/h5H,2,4H2,1,3H3,(H,7,8). The predicted octanol–water partition coefficient (Wildman–Crippen LogP) is 0.539. The molecule has 0 aliphatic rings. The van der Waals surface area contributed by atoms with Gasteiger partial charge in [0.25, 0.3) is 0 Å². The smallest absolute Gasteiger partial charge is 0.409 e. The van der Waals surface area contributed by atoms with Crippen molar-refractivity contribution in [2.45, 2.75) is 13.2 Å². The first-order valence-electron chi connectivity index (χ1n) is 3.03. The minimum Gasteiger partial charge on any atom is -0.420 e. The zero-order valence-electron chi connectivity index (χ0n) is 6.22. The fourth-order valence-electron chi connectivity index (χ4n) is 0.398. The molecule has 0 aromatic heterocycles. The second kappa shape index (κ2) is 5.05. The van der Waals surface area contributed by atoms with Crippen molar-refractivity contribution < 1.29 is 14.3 Å². The van der Waals surface area contributed by atoms with Gasteiger partial charge in [0.1, 0.15) is 0 Å². The van der Waals surface area contributed by atoms with Crippen molar-refractivity contribution in [3.05, 3.63) is 6.92 Å². The van der Waals surface area contributed by atoms with E-state index >= 15 is 0 Å². The van der Waals surface area contributed by atoms with E-state index in [2.05, 4.69) is 17.0 Å². The van der Waals surface area contributed by atoms with Crippen LogP contribution in [0, 0.1) is 6.92 Å². The monoisotopic (exact) mass is 146 g/mol. The van der Waals surface area contributed by atoms with Crippen molar-refractivity contribution in [2.24, 2.45) is 0 Å². The summed E-state index contributed by atoms with van der Waals surface area (Å²) in [4.78, 5) is 10.4. The van der Waals surface area contributed by atoms with Gasteiger partial charge in [0.2, 0.25) is 6.29 Å². The summed E-state index contributed by atoms with van der Waals surface area (Å²) >= 11 is 0. The summed E-state index contributed by atoms with van der Waals surface area (Å²) in [5.74, 6) is 0. The molecule has 0 aromatic rings. The third kappa shape index (κ3) is 4.14. The number of ether oxygens (including phenoxy) is 2. The summed E-state index contributed by atoms with van der Waals surface area (Å²) in [5.41, 5.74) is 0. The van der Waals surface area contributed by atoms with Crippen LogP contribution >= 0.6 is 0 Å². The molecule has 0 rings (SSSR count). The predicted molar refractivity (Wildman–Crippen MR) is 36.3 cm³/mol. The summed E-state index contributed by atoms with van der Waals surface area (Å²) in [5, 5.41) is 2.27. The molecule has 0 spiro atoms. The normalized spacial score (nSPS) is 12.3. The molecule has 0 saturated heterocycles. The van der Waals surface area contributed by atoms with Crippen molar-refractivity contribution >= 4 is 6.09 Å².